The minimum absolute atomic E-state index is 0.00725. The van der Waals surface area contributed by atoms with Crippen LogP contribution in [-0.2, 0) is 9.59 Å². The molecule has 4 unspecified atom stereocenters. The number of rotatable bonds is 4. The van der Waals surface area contributed by atoms with Crippen molar-refractivity contribution in [1.29, 1.82) is 0 Å². The number of carbonyl (C=O) groups is 2. The van der Waals surface area contributed by atoms with Crippen LogP contribution in [0.5, 0.6) is 0 Å². The molecule has 1 fully saturated rings. The third-order valence-corrected chi connectivity index (χ3v) is 4.38. The molecule has 20 heavy (non-hydrogen) atoms. The summed E-state index contributed by atoms with van der Waals surface area (Å²) in [6, 6.07) is 3.30. The van der Waals surface area contributed by atoms with Crippen molar-refractivity contribution in [3.05, 3.63) is 36.3 Å². The molecule has 106 valence electrons. The molecule has 3 rings (SSSR count). The van der Waals surface area contributed by atoms with Gasteiger partial charge in [0, 0.05) is 0 Å². The molecule has 2 aliphatic carbocycles. The van der Waals surface area contributed by atoms with Crippen LogP contribution < -0.4 is 5.32 Å². The predicted molar refractivity (Wildman–Crippen MR) is 70.6 cm³/mol. The average Bonchev–Trinajstić information content (AvgIpc) is 3.13. The van der Waals surface area contributed by atoms with Gasteiger partial charge in [-0.15, -0.1) is 0 Å². The van der Waals surface area contributed by atoms with Crippen LogP contribution in [0.15, 0.2) is 35.0 Å². The van der Waals surface area contributed by atoms with Crippen molar-refractivity contribution in [3.63, 3.8) is 0 Å². The molecule has 0 saturated heterocycles. The van der Waals surface area contributed by atoms with E-state index in [0.717, 1.165) is 6.42 Å². The molecule has 2 aliphatic rings. The van der Waals surface area contributed by atoms with Gasteiger partial charge in [-0.2, -0.15) is 0 Å². The zero-order chi connectivity index (χ0) is 14.3. The van der Waals surface area contributed by atoms with Crippen LogP contribution in [0.4, 0.5) is 0 Å². The maximum absolute atomic E-state index is 12.4. The molecule has 0 aliphatic heterocycles. The Labute approximate surface area is 116 Å². The molecule has 1 heterocycles. The highest BCUT2D eigenvalue weighted by Crippen LogP contribution is 2.48. The molecular weight excluding hydrogens is 258 g/mol. The number of amides is 1. The first-order chi connectivity index (χ1) is 9.58. The van der Waals surface area contributed by atoms with Crippen LogP contribution in [0.2, 0.25) is 0 Å². The van der Waals surface area contributed by atoms with Gasteiger partial charge in [0.05, 0.1) is 24.1 Å². The first-order valence-corrected chi connectivity index (χ1v) is 6.83. The number of carboxylic acid groups (broad SMARTS) is 1. The number of nitrogens with one attached hydrogen (secondary N) is 1. The van der Waals surface area contributed by atoms with Gasteiger partial charge >= 0.3 is 5.97 Å². The fourth-order valence-corrected chi connectivity index (χ4v) is 3.43. The zero-order valence-corrected chi connectivity index (χ0v) is 11.2. The zero-order valence-electron chi connectivity index (χ0n) is 11.2. The number of hydrogen-bond acceptors (Lipinski definition) is 3. The van der Waals surface area contributed by atoms with E-state index in [1.165, 1.54) is 0 Å². The minimum Gasteiger partial charge on any atom is -0.481 e. The standard InChI is InChI=1S/C15H17NO4/c1-8(11-3-2-6-20-11)16-14(17)12-9-4-5-10(7-9)13(12)15(18)19/h2-6,8-10,12-13H,7H2,1H3,(H,16,17)(H,18,19)/t8-,9?,10?,12?,13?/m1/s1. The SMILES string of the molecule is C[C@@H](NC(=O)C1C2C=CC(C2)C1C(=O)O)c1ccco1. The normalized spacial score (nSPS) is 32.2. The first-order valence-electron chi connectivity index (χ1n) is 6.83. The quantitative estimate of drug-likeness (QED) is 0.823. The number of aliphatic carboxylic acids is 1. The van der Waals surface area contributed by atoms with Crippen molar-refractivity contribution in [3.8, 4) is 0 Å². The lowest BCUT2D eigenvalue weighted by Gasteiger charge is -2.25. The molecule has 2 bridgehead atoms. The maximum Gasteiger partial charge on any atom is 0.307 e. The average molecular weight is 275 g/mol. The van der Waals surface area contributed by atoms with Gasteiger partial charge in [-0.3, -0.25) is 9.59 Å². The van der Waals surface area contributed by atoms with E-state index in [2.05, 4.69) is 5.32 Å². The van der Waals surface area contributed by atoms with Crippen molar-refractivity contribution >= 4 is 11.9 Å². The van der Waals surface area contributed by atoms with Crippen molar-refractivity contribution in [2.75, 3.05) is 0 Å². The molecule has 1 amide bonds. The fourth-order valence-electron chi connectivity index (χ4n) is 3.43. The monoisotopic (exact) mass is 275 g/mol. The largest absolute Gasteiger partial charge is 0.481 e. The molecule has 1 saturated carbocycles. The number of carbonyl (C=O) groups excluding carboxylic acids is 1. The lowest BCUT2D eigenvalue weighted by molar-refractivity contribution is -0.148. The van der Waals surface area contributed by atoms with Crippen LogP contribution in [0.3, 0.4) is 0 Å². The van der Waals surface area contributed by atoms with Crippen molar-refractivity contribution in [2.45, 2.75) is 19.4 Å². The summed E-state index contributed by atoms with van der Waals surface area (Å²) >= 11 is 0. The number of furan rings is 1. The van der Waals surface area contributed by atoms with Gasteiger partial charge in [0.25, 0.3) is 0 Å². The molecule has 5 nitrogen and oxygen atoms in total. The third-order valence-electron chi connectivity index (χ3n) is 4.38. The van der Waals surface area contributed by atoms with Gasteiger partial charge < -0.3 is 14.8 Å². The summed E-state index contributed by atoms with van der Waals surface area (Å²) in [6.45, 7) is 1.83. The number of hydrogen-bond donors (Lipinski definition) is 2. The summed E-state index contributed by atoms with van der Waals surface area (Å²) in [5, 5.41) is 12.2. The van der Waals surface area contributed by atoms with Gasteiger partial charge in [-0.1, -0.05) is 12.2 Å². The van der Waals surface area contributed by atoms with Crippen molar-refractivity contribution in [1.82, 2.24) is 5.32 Å². The molecule has 0 aromatic carbocycles. The van der Waals surface area contributed by atoms with Crippen LogP contribution in [0, 0.1) is 23.7 Å². The highest BCUT2D eigenvalue weighted by Gasteiger charge is 2.51. The smallest absolute Gasteiger partial charge is 0.307 e. The highest BCUT2D eigenvalue weighted by atomic mass is 16.4. The van der Waals surface area contributed by atoms with E-state index >= 15 is 0 Å². The van der Waals surface area contributed by atoms with Gasteiger partial charge in [0.1, 0.15) is 5.76 Å². The number of allylic oxidation sites excluding steroid dienone is 2. The van der Waals surface area contributed by atoms with Crippen molar-refractivity contribution in [2.24, 2.45) is 23.7 Å². The van der Waals surface area contributed by atoms with Crippen LogP contribution in [0.25, 0.3) is 0 Å². The second kappa shape index (κ2) is 4.81. The van der Waals surface area contributed by atoms with E-state index in [-0.39, 0.29) is 23.8 Å². The topological polar surface area (TPSA) is 79.5 Å². The summed E-state index contributed by atoms with van der Waals surface area (Å²) in [7, 11) is 0. The Morgan fingerprint density at radius 1 is 1.35 bits per heavy atom. The van der Waals surface area contributed by atoms with E-state index in [4.69, 9.17) is 4.42 Å². The Morgan fingerprint density at radius 3 is 2.65 bits per heavy atom. The summed E-state index contributed by atoms with van der Waals surface area (Å²) in [6.07, 6.45) is 6.23. The Hall–Kier alpha value is -2.04. The van der Waals surface area contributed by atoms with E-state index in [1.807, 2.05) is 19.1 Å². The molecule has 0 spiro atoms. The summed E-state index contributed by atoms with van der Waals surface area (Å²) < 4.78 is 5.25. The Balaban J connectivity index is 1.73. The van der Waals surface area contributed by atoms with Crippen LogP contribution in [-0.4, -0.2) is 17.0 Å². The fraction of sp³-hybridized carbons (Fsp3) is 0.467. The summed E-state index contributed by atoms with van der Waals surface area (Å²) in [5.41, 5.74) is 0. The number of carboxylic acids is 1. The highest BCUT2D eigenvalue weighted by molar-refractivity contribution is 5.87. The van der Waals surface area contributed by atoms with Crippen molar-refractivity contribution < 1.29 is 19.1 Å². The third kappa shape index (κ3) is 2.03. The van der Waals surface area contributed by atoms with Crippen LogP contribution in [0.1, 0.15) is 25.1 Å². The lowest BCUT2D eigenvalue weighted by Crippen LogP contribution is -2.41. The van der Waals surface area contributed by atoms with E-state index in [9.17, 15) is 14.7 Å². The molecular formula is C15H17NO4. The molecule has 0 radical (unpaired) electrons. The molecule has 1 aromatic heterocycles. The van der Waals surface area contributed by atoms with Gasteiger partial charge in [0.2, 0.25) is 5.91 Å². The van der Waals surface area contributed by atoms with Gasteiger partial charge in [-0.25, -0.2) is 0 Å². The number of fused-ring (bicyclic) bond motifs is 2. The van der Waals surface area contributed by atoms with E-state index in [1.54, 1.807) is 18.4 Å². The molecule has 1 aromatic rings. The summed E-state index contributed by atoms with van der Waals surface area (Å²) in [5.74, 6) is -1.44. The maximum atomic E-state index is 12.4. The Morgan fingerprint density at radius 2 is 2.05 bits per heavy atom. The Bertz CT molecular complexity index is 548. The van der Waals surface area contributed by atoms with E-state index < -0.39 is 17.8 Å². The second-order valence-corrected chi connectivity index (χ2v) is 5.58. The van der Waals surface area contributed by atoms with Gasteiger partial charge in [0.15, 0.2) is 0 Å². The predicted octanol–water partition coefficient (Wildman–Crippen LogP) is 1.98. The van der Waals surface area contributed by atoms with Gasteiger partial charge in [-0.05, 0) is 37.3 Å². The van der Waals surface area contributed by atoms with Crippen LogP contribution >= 0.6 is 0 Å². The first kappa shape index (κ1) is 13.0. The molecule has 2 N–H and O–H groups in total. The summed E-state index contributed by atoms with van der Waals surface area (Å²) in [4.78, 5) is 23.8. The molecule has 5 atom stereocenters. The molecule has 5 heteroatoms. The Kier molecular flexibility index (Phi) is 3.12. The minimum atomic E-state index is -0.882. The second-order valence-electron chi connectivity index (χ2n) is 5.58. The lowest BCUT2D eigenvalue weighted by atomic mass is 9.82. The van der Waals surface area contributed by atoms with E-state index in [0.29, 0.717) is 5.76 Å².